The summed E-state index contributed by atoms with van der Waals surface area (Å²) in [7, 11) is 0. The smallest absolute Gasteiger partial charge is 0.234 e. The van der Waals surface area contributed by atoms with Crippen LogP contribution in [0.1, 0.15) is 17.8 Å². The van der Waals surface area contributed by atoms with E-state index in [4.69, 9.17) is 0 Å². The van der Waals surface area contributed by atoms with Gasteiger partial charge in [0.25, 0.3) is 0 Å². The van der Waals surface area contributed by atoms with Gasteiger partial charge in [0.1, 0.15) is 0 Å². The molecule has 0 aliphatic carbocycles. The van der Waals surface area contributed by atoms with Crippen LogP contribution in [0.3, 0.4) is 0 Å². The zero-order chi connectivity index (χ0) is 15.8. The summed E-state index contributed by atoms with van der Waals surface area (Å²) in [5, 5.41) is 7.70. The molecule has 0 spiro atoms. The van der Waals surface area contributed by atoms with Crippen LogP contribution < -0.4 is 10.6 Å². The van der Waals surface area contributed by atoms with Crippen molar-refractivity contribution in [3.05, 3.63) is 52.7 Å². The van der Waals surface area contributed by atoms with Crippen molar-refractivity contribution in [2.24, 2.45) is 0 Å². The first-order valence-corrected chi connectivity index (χ1v) is 8.94. The Morgan fingerprint density at radius 1 is 1.09 bits per heavy atom. The summed E-state index contributed by atoms with van der Waals surface area (Å²) in [5.74, 6) is 0.377. The lowest BCUT2D eigenvalue weighted by Crippen LogP contribution is -2.28. The average molecular weight is 334 g/mol. The number of hydrogen-bond acceptors (Lipinski definition) is 4. The molecule has 6 heteroatoms. The van der Waals surface area contributed by atoms with E-state index in [1.807, 2.05) is 54.8 Å². The Morgan fingerprint density at radius 2 is 1.82 bits per heavy atom. The Hall–Kier alpha value is -1.79. The largest absolute Gasteiger partial charge is 0.348 e. The Balaban J connectivity index is 1.65. The Labute approximate surface area is 138 Å². The summed E-state index contributed by atoms with van der Waals surface area (Å²) in [6, 6.07) is 13.2. The molecule has 1 aromatic carbocycles. The van der Waals surface area contributed by atoms with Crippen molar-refractivity contribution in [1.82, 2.24) is 5.32 Å². The molecule has 1 heterocycles. The molecule has 2 N–H and O–H groups in total. The lowest BCUT2D eigenvalue weighted by molar-refractivity contribution is -0.119. The van der Waals surface area contributed by atoms with Crippen molar-refractivity contribution >= 4 is 40.6 Å². The Kier molecular flexibility index (Phi) is 6.48. The number of benzene rings is 1. The first-order valence-electron chi connectivity index (χ1n) is 6.90. The van der Waals surface area contributed by atoms with Crippen LogP contribution in [-0.2, 0) is 9.59 Å². The standard InChI is InChI=1S/C16H18N2O2S2/c1-12(14-8-5-9-22-14)17-15(19)10-21-11-16(20)18-13-6-3-2-4-7-13/h2-9,12H,10-11H2,1H3,(H,17,19)(H,18,20). The second-order valence-corrected chi connectivity index (χ2v) is 6.68. The second-order valence-electron chi connectivity index (χ2n) is 4.71. The van der Waals surface area contributed by atoms with E-state index in [1.165, 1.54) is 11.8 Å². The second kappa shape index (κ2) is 8.60. The molecule has 2 rings (SSSR count). The molecule has 2 amide bonds. The molecule has 1 atom stereocenters. The van der Waals surface area contributed by atoms with Gasteiger partial charge in [-0.05, 0) is 30.5 Å². The van der Waals surface area contributed by atoms with Crippen LogP contribution in [-0.4, -0.2) is 23.3 Å². The molecule has 0 saturated carbocycles. The lowest BCUT2D eigenvalue weighted by Gasteiger charge is -2.12. The van der Waals surface area contributed by atoms with Gasteiger partial charge in [0.2, 0.25) is 11.8 Å². The zero-order valence-electron chi connectivity index (χ0n) is 12.2. The molecule has 1 unspecified atom stereocenters. The van der Waals surface area contributed by atoms with Gasteiger partial charge in [-0.2, -0.15) is 0 Å². The monoisotopic (exact) mass is 334 g/mol. The molecule has 2 aromatic rings. The number of rotatable bonds is 7. The number of anilines is 1. The van der Waals surface area contributed by atoms with Crippen molar-refractivity contribution < 1.29 is 9.59 Å². The Bertz CT molecular complexity index is 600. The molecule has 116 valence electrons. The van der Waals surface area contributed by atoms with Gasteiger partial charge in [-0.3, -0.25) is 9.59 Å². The van der Waals surface area contributed by atoms with E-state index in [-0.39, 0.29) is 29.4 Å². The summed E-state index contributed by atoms with van der Waals surface area (Å²) in [4.78, 5) is 24.7. The summed E-state index contributed by atoms with van der Waals surface area (Å²) >= 11 is 2.92. The molecule has 0 aliphatic rings. The molecule has 0 aliphatic heterocycles. The summed E-state index contributed by atoms with van der Waals surface area (Å²) < 4.78 is 0. The highest BCUT2D eigenvalue weighted by Gasteiger charge is 2.11. The third-order valence-electron chi connectivity index (χ3n) is 2.87. The Morgan fingerprint density at radius 3 is 2.50 bits per heavy atom. The van der Waals surface area contributed by atoms with E-state index in [0.717, 1.165) is 10.6 Å². The number of thioether (sulfide) groups is 1. The van der Waals surface area contributed by atoms with Gasteiger partial charge in [0.15, 0.2) is 0 Å². The first-order chi connectivity index (χ1) is 10.6. The predicted octanol–water partition coefficient (Wildman–Crippen LogP) is 3.30. The van der Waals surface area contributed by atoms with Crippen LogP contribution in [0, 0.1) is 0 Å². The molecule has 1 aromatic heterocycles. The highest BCUT2D eigenvalue weighted by atomic mass is 32.2. The van der Waals surface area contributed by atoms with E-state index < -0.39 is 0 Å². The van der Waals surface area contributed by atoms with Crippen LogP contribution in [0.5, 0.6) is 0 Å². The quantitative estimate of drug-likeness (QED) is 0.817. The van der Waals surface area contributed by atoms with Gasteiger partial charge in [-0.15, -0.1) is 23.1 Å². The fourth-order valence-corrected chi connectivity index (χ4v) is 3.21. The lowest BCUT2D eigenvalue weighted by atomic mass is 10.3. The highest BCUT2D eigenvalue weighted by Crippen LogP contribution is 2.18. The van der Waals surface area contributed by atoms with Gasteiger partial charge in [0, 0.05) is 10.6 Å². The summed E-state index contributed by atoms with van der Waals surface area (Å²) in [6.07, 6.45) is 0. The normalized spacial score (nSPS) is 11.7. The molecule has 22 heavy (non-hydrogen) atoms. The van der Waals surface area contributed by atoms with Crippen LogP contribution in [0.25, 0.3) is 0 Å². The predicted molar refractivity (Wildman–Crippen MR) is 93.3 cm³/mol. The SMILES string of the molecule is CC(NC(=O)CSCC(=O)Nc1ccccc1)c1cccs1. The maximum absolute atomic E-state index is 11.8. The number of nitrogens with one attached hydrogen (secondary N) is 2. The molecule has 0 radical (unpaired) electrons. The highest BCUT2D eigenvalue weighted by molar-refractivity contribution is 8.00. The van der Waals surface area contributed by atoms with Crippen LogP contribution in [0.4, 0.5) is 5.69 Å². The van der Waals surface area contributed by atoms with Gasteiger partial charge in [-0.1, -0.05) is 24.3 Å². The van der Waals surface area contributed by atoms with E-state index in [0.29, 0.717) is 0 Å². The minimum atomic E-state index is -0.102. The minimum absolute atomic E-state index is 0.00578. The molecule has 0 fully saturated rings. The van der Waals surface area contributed by atoms with Crippen molar-refractivity contribution in [3.63, 3.8) is 0 Å². The van der Waals surface area contributed by atoms with E-state index in [2.05, 4.69) is 10.6 Å². The maximum atomic E-state index is 11.8. The average Bonchev–Trinajstić information content (AvgIpc) is 3.02. The number of para-hydroxylation sites is 1. The van der Waals surface area contributed by atoms with Crippen LogP contribution >= 0.6 is 23.1 Å². The number of hydrogen-bond donors (Lipinski definition) is 2. The fraction of sp³-hybridized carbons (Fsp3) is 0.250. The van der Waals surface area contributed by atoms with Crippen LogP contribution in [0.2, 0.25) is 0 Å². The first kappa shape index (κ1) is 16.6. The van der Waals surface area contributed by atoms with Gasteiger partial charge in [0.05, 0.1) is 17.5 Å². The van der Waals surface area contributed by atoms with Crippen molar-refractivity contribution in [2.45, 2.75) is 13.0 Å². The van der Waals surface area contributed by atoms with Crippen molar-refractivity contribution in [1.29, 1.82) is 0 Å². The van der Waals surface area contributed by atoms with E-state index in [1.54, 1.807) is 11.3 Å². The van der Waals surface area contributed by atoms with Gasteiger partial charge in [-0.25, -0.2) is 0 Å². The summed E-state index contributed by atoms with van der Waals surface area (Å²) in [5.41, 5.74) is 0.767. The van der Waals surface area contributed by atoms with Crippen LogP contribution in [0.15, 0.2) is 47.8 Å². The number of carbonyl (C=O) groups excluding carboxylic acids is 2. The van der Waals surface area contributed by atoms with Crippen molar-refractivity contribution in [3.8, 4) is 0 Å². The molecule has 0 saturated heterocycles. The molecular weight excluding hydrogens is 316 g/mol. The van der Waals surface area contributed by atoms with Crippen molar-refractivity contribution in [2.75, 3.05) is 16.8 Å². The third kappa shape index (κ3) is 5.54. The zero-order valence-corrected chi connectivity index (χ0v) is 13.9. The maximum Gasteiger partial charge on any atom is 0.234 e. The molecule has 4 nitrogen and oxygen atoms in total. The molecular formula is C16H18N2O2S2. The van der Waals surface area contributed by atoms with Gasteiger partial charge < -0.3 is 10.6 Å². The minimum Gasteiger partial charge on any atom is -0.348 e. The molecule has 0 bridgehead atoms. The van der Waals surface area contributed by atoms with E-state index in [9.17, 15) is 9.59 Å². The number of amides is 2. The van der Waals surface area contributed by atoms with Gasteiger partial charge >= 0.3 is 0 Å². The number of carbonyl (C=O) groups is 2. The third-order valence-corrected chi connectivity index (χ3v) is 4.86. The summed E-state index contributed by atoms with van der Waals surface area (Å²) in [6.45, 7) is 1.95. The number of thiophene rings is 1. The topological polar surface area (TPSA) is 58.2 Å². The van der Waals surface area contributed by atoms with E-state index >= 15 is 0 Å². The fourth-order valence-electron chi connectivity index (χ4n) is 1.85.